The summed E-state index contributed by atoms with van der Waals surface area (Å²) in [5, 5.41) is 14.2. The molecule has 0 unspecified atom stereocenters. The molecule has 0 aliphatic carbocycles. The highest BCUT2D eigenvalue weighted by molar-refractivity contribution is 7.13. The summed E-state index contributed by atoms with van der Waals surface area (Å²) in [4.78, 5) is 14.4. The van der Waals surface area contributed by atoms with Gasteiger partial charge in [-0.1, -0.05) is 5.16 Å². The lowest BCUT2D eigenvalue weighted by Gasteiger charge is -1.84. The van der Waals surface area contributed by atoms with Crippen LogP contribution in [0, 0.1) is 0 Å². The van der Waals surface area contributed by atoms with E-state index in [1.807, 2.05) is 0 Å². The Bertz CT molecular complexity index is 421. The number of aromatic carboxylic acids is 1. The van der Waals surface area contributed by atoms with Crippen molar-refractivity contribution in [2.45, 2.75) is 0 Å². The first kappa shape index (κ1) is 7.93. The molecule has 0 radical (unpaired) electrons. The van der Waals surface area contributed by atoms with E-state index in [-0.39, 0.29) is 5.69 Å². The number of hydrogen-bond acceptors (Lipinski definition) is 5. The quantitative estimate of drug-likeness (QED) is 0.787. The zero-order valence-electron chi connectivity index (χ0n) is 6.30. The molecule has 6 heteroatoms. The van der Waals surface area contributed by atoms with E-state index in [2.05, 4.69) is 14.7 Å². The summed E-state index contributed by atoms with van der Waals surface area (Å²) in [7, 11) is 0. The van der Waals surface area contributed by atoms with Crippen molar-refractivity contribution < 1.29 is 14.4 Å². The average molecular weight is 196 g/mol. The van der Waals surface area contributed by atoms with Crippen LogP contribution in [0.4, 0.5) is 0 Å². The maximum absolute atomic E-state index is 10.5. The zero-order valence-corrected chi connectivity index (χ0v) is 7.11. The minimum Gasteiger partial charge on any atom is -0.476 e. The van der Waals surface area contributed by atoms with Crippen LogP contribution in [0.3, 0.4) is 0 Å². The third-order valence-electron chi connectivity index (χ3n) is 1.40. The Morgan fingerprint density at radius 1 is 1.62 bits per heavy atom. The van der Waals surface area contributed by atoms with E-state index >= 15 is 0 Å². The van der Waals surface area contributed by atoms with Crippen LogP contribution < -0.4 is 0 Å². The second kappa shape index (κ2) is 2.98. The van der Waals surface area contributed by atoms with Crippen molar-refractivity contribution in [1.29, 1.82) is 0 Å². The molecule has 0 aliphatic heterocycles. The van der Waals surface area contributed by atoms with Crippen molar-refractivity contribution in [1.82, 2.24) is 10.1 Å². The number of hydrogen-bond donors (Lipinski definition) is 1. The Hall–Kier alpha value is -1.69. The van der Waals surface area contributed by atoms with Gasteiger partial charge in [0.05, 0.1) is 11.8 Å². The fourth-order valence-corrected chi connectivity index (χ4v) is 1.58. The number of carboxylic acid groups (broad SMARTS) is 1. The third-order valence-corrected chi connectivity index (χ3v) is 2.29. The van der Waals surface area contributed by atoms with E-state index in [0.29, 0.717) is 10.6 Å². The van der Waals surface area contributed by atoms with Crippen LogP contribution in [0.1, 0.15) is 10.5 Å². The average Bonchev–Trinajstić information content (AvgIpc) is 2.75. The molecule has 0 saturated carbocycles. The molecule has 1 N–H and O–H groups in total. The van der Waals surface area contributed by atoms with Crippen molar-refractivity contribution in [2.24, 2.45) is 0 Å². The summed E-state index contributed by atoms with van der Waals surface area (Å²) in [5.74, 6) is -1.03. The number of thiazole rings is 1. The maximum atomic E-state index is 10.5. The molecule has 13 heavy (non-hydrogen) atoms. The van der Waals surface area contributed by atoms with Gasteiger partial charge < -0.3 is 9.63 Å². The highest BCUT2D eigenvalue weighted by Gasteiger charge is 2.10. The molecule has 66 valence electrons. The monoisotopic (exact) mass is 196 g/mol. The molecule has 2 heterocycles. The minimum absolute atomic E-state index is 0.0428. The van der Waals surface area contributed by atoms with Gasteiger partial charge in [0, 0.05) is 5.38 Å². The van der Waals surface area contributed by atoms with Crippen LogP contribution in [0.2, 0.25) is 0 Å². The standard InChI is InChI=1S/C7H4N2O3S/c10-7(11)5-3-13-6(9-5)4-1-8-12-2-4/h1-3H,(H,10,11). The topological polar surface area (TPSA) is 76.2 Å². The van der Waals surface area contributed by atoms with Crippen LogP contribution in [-0.2, 0) is 0 Å². The van der Waals surface area contributed by atoms with Crippen LogP contribution in [0.25, 0.3) is 10.6 Å². The van der Waals surface area contributed by atoms with Gasteiger partial charge >= 0.3 is 5.97 Å². The summed E-state index contributed by atoms with van der Waals surface area (Å²) in [5.41, 5.74) is 0.735. The van der Waals surface area contributed by atoms with Gasteiger partial charge in [0.25, 0.3) is 0 Å². The molecule has 0 aromatic carbocycles. The lowest BCUT2D eigenvalue weighted by atomic mass is 10.4. The van der Waals surface area contributed by atoms with Crippen LogP contribution in [0.15, 0.2) is 22.4 Å². The first-order chi connectivity index (χ1) is 6.27. The smallest absolute Gasteiger partial charge is 0.355 e. The molecule has 0 atom stereocenters. The largest absolute Gasteiger partial charge is 0.476 e. The maximum Gasteiger partial charge on any atom is 0.355 e. The molecular weight excluding hydrogens is 192 g/mol. The fourth-order valence-electron chi connectivity index (χ4n) is 0.815. The molecule has 0 spiro atoms. The van der Waals surface area contributed by atoms with Gasteiger partial charge in [-0.05, 0) is 0 Å². The highest BCUT2D eigenvalue weighted by Crippen LogP contribution is 2.22. The Morgan fingerprint density at radius 2 is 2.46 bits per heavy atom. The molecule has 2 aromatic rings. The Kier molecular flexibility index (Phi) is 1.82. The lowest BCUT2D eigenvalue weighted by molar-refractivity contribution is 0.0691. The summed E-state index contributed by atoms with van der Waals surface area (Å²) in [6.07, 6.45) is 2.91. The number of carboxylic acids is 1. The Labute approximate surface area is 76.6 Å². The molecule has 0 saturated heterocycles. The first-order valence-electron chi connectivity index (χ1n) is 3.36. The molecular formula is C7H4N2O3S. The van der Waals surface area contributed by atoms with Gasteiger partial charge in [-0.3, -0.25) is 0 Å². The van der Waals surface area contributed by atoms with Gasteiger partial charge in [0.15, 0.2) is 5.69 Å². The van der Waals surface area contributed by atoms with Crippen molar-refractivity contribution in [3.8, 4) is 10.6 Å². The van der Waals surface area contributed by atoms with E-state index in [9.17, 15) is 4.79 Å². The second-order valence-corrected chi connectivity index (χ2v) is 3.11. The molecule has 2 rings (SSSR count). The van der Waals surface area contributed by atoms with Crippen molar-refractivity contribution in [3.63, 3.8) is 0 Å². The summed E-state index contributed by atoms with van der Waals surface area (Å²) in [6.45, 7) is 0. The summed E-state index contributed by atoms with van der Waals surface area (Å²) < 4.78 is 4.61. The number of nitrogens with zero attached hydrogens (tertiary/aromatic N) is 2. The molecule has 2 aromatic heterocycles. The van der Waals surface area contributed by atoms with Crippen LogP contribution in [-0.4, -0.2) is 21.2 Å². The zero-order chi connectivity index (χ0) is 9.26. The van der Waals surface area contributed by atoms with Gasteiger partial charge in [-0.15, -0.1) is 11.3 Å². The fraction of sp³-hybridized carbons (Fsp3) is 0. The molecule has 0 amide bonds. The predicted octanol–water partition coefficient (Wildman–Crippen LogP) is 1.50. The number of rotatable bonds is 2. The van der Waals surface area contributed by atoms with Gasteiger partial charge in [0.2, 0.25) is 0 Å². The number of aromatic nitrogens is 2. The number of carbonyl (C=O) groups is 1. The van der Waals surface area contributed by atoms with E-state index < -0.39 is 5.97 Å². The van der Waals surface area contributed by atoms with Crippen molar-refractivity contribution in [2.75, 3.05) is 0 Å². The molecule has 5 nitrogen and oxygen atoms in total. The van der Waals surface area contributed by atoms with Gasteiger partial charge in [0.1, 0.15) is 11.3 Å². The highest BCUT2D eigenvalue weighted by atomic mass is 32.1. The SMILES string of the molecule is O=C(O)c1csc(-c2cnoc2)n1. The van der Waals surface area contributed by atoms with E-state index in [1.54, 1.807) is 0 Å². The van der Waals surface area contributed by atoms with Crippen molar-refractivity contribution >= 4 is 17.3 Å². The molecule has 0 aliphatic rings. The van der Waals surface area contributed by atoms with Crippen molar-refractivity contribution in [3.05, 3.63) is 23.5 Å². The first-order valence-corrected chi connectivity index (χ1v) is 4.24. The van der Waals surface area contributed by atoms with E-state index in [1.165, 1.54) is 29.2 Å². The molecule has 0 bridgehead atoms. The Morgan fingerprint density at radius 3 is 3.00 bits per heavy atom. The normalized spacial score (nSPS) is 10.2. The lowest BCUT2D eigenvalue weighted by Crippen LogP contribution is -1.95. The van der Waals surface area contributed by atoms with Crippen LogP contribution >= 0.6 is 11.3 Å². The van der Waals surface area contributed by atoms with E-state index in [4.69, 9.17) is 5.11 Å². The summed E-state index contributed by atoms with van der Waals surface area (Å²) in [6, 6.07) is 0. The third kappa shape index (κ3) is 1.43. The molecule has 0 fully saturated rings. The Balaban J connectivity index is 2.39. The van der Waals surface area contributed by atoms with E-state index in [0.717, 1.165) is 0 Å². The van der Waals surface area contributed by atoms with Gasteiger partial charge in [-0.2, -0.15) is 0 Å². The second-order valence-electron chi connectivity index (χ2n) is 2.26. The predicted molar refractivity (Wildman–Crippen MR) is 44.6 cm³/mol. The minimum atomic E-state index is -1.03. The van der Waals surface area contributed by atoms with Gasteiger partial charge in [-0.25, -0.2) is 9.78 Å². The van der Waals surface area contributed by atoms with Crippen LogP contribution in [0.5, 0.6) is 0 Å². The summed E-state index contributed by atoms with van der Waals surface area (Å²) >= 11 is 1.24.